The molecule has 0 aromatic carbocycles. The molecule has 8 heteroatoms. The second kappa shape index (κ2) is 5.76. The highest BCUT2D eigenvalue weighted by atomic mass is 32.2. The first-order valence-electron chi connectivity index (χ1n) is 5.15. The highest BCUT2D eigenvalue weighted by molar-refractivity contribution is 7.90. The molecular weight excluding hydrogens is 246 g/mol. The van der Waals surface area contributed by atoms with E-state index in [0.717, 1.165) is 0 Å². The summed E-state index contributed by atoms with van der Waals surface area (Å²) in [5.41, 5.74) is 0.603. The van der Waals surface area contributed by atoms with Crippen LogP contribution in [0.3, 0.4) is 0 Å². The maximum Gasteiger partial charge on any atom is 0.303 e. The highest BCUT2D eigenvalue weighted by Gasteiger charge is 2.05. The van der Waals surface area contributed by atoms with E-state index in [9.17, 15) is 13.2 Å². The Hall–Kier alpha value is -1.44. The second-order valence-electron chi connectivity index (χ2n) is 3.85. The predicted molar refractivity (Wildman–Crippen MR) is 60.3 cm³/mol. The summed E-state index contributed by atoms with van der Waals surface area (Å²) < 4.78 is 23.3. The first kappa shape index (κ1) is 13.6. The standard InChI is InChI=1S/C9H15N3O4S/c1-17(15,16)6-2-5-12-7-8(10-11-12)3-4-9(13)14/h7H,2-6H2,1H3,(H,13,14). The Morgan fingerprint density at radius 2 is 2.24 bits per heavy atom. The van der Waals surface area contributed by atoms with Gasteiger partial charge in [-0.2, -0.15) is 0 Å². The van der Waals surface area contributed by atoms with Crippen molar-refractivity contribution in [3.05, 3.63) is 11.9 Å². The van der Waals surface area contributed by atoms with Gasteiger partial charge in [0.15, 0.2) is 0 Å². The summed E-state index contributed by atoms with van der Waals surface area (Å²) in [4.78, 5) is 10.3. The van der Waals surface area contributed by atoms with Crippen molar-refractivity contribution < 1.29 is 18.3 Å². The lowest BCUT2D eigenvalue weighted by molar-refractivity contribution is -0.136. The molecule has 0 aliphatic heterocycles. The lowest BCUT2D eigenvalue weighted by Gasteiger charge is -1.98. The van der Waals surface area contributed by atoms with Crippen LogP contribution in [-0.2, 0) is 27.6 Å². The van der Waals surface area contributed by atoms with Gasteiger partial charge in [-0.05, 0) is 6.42 Å². The molecule has 0 fully saturated rings. The zero-order valence-electron chi connectivity index (χ0n) is 9.53. The SMILES string of the molecule is CS(=O)(=O)CCCn1cc(CCC(=O)O)nn1. The maximum absolute atomic E-state index is 10.9. The number of hydrogen-bond acceptors (Lipinski definition) is 5. The molecular formula is C9H15N3O4S. The topological polar surface area (TPSA) is 102 Å². The summed E-state index contributed by atoms with van der Waals surface area (Å²) in [6, 6.07) is 0. The number of nitrogens with zero attached hydrogens (tertiary/aromatic N) is 3. The Kier molecular flexibility index (Phi) is 4.62. The largest absolute Gasteiger partial charge is 0.481 e. The van der Waals surface area contributed by atoms with Gasteiger partial charge < -0.3 is 5.11 Å². The molecule has 0 saturated heterocycles. The molecule has 1 rings (SSSR count). The van der Waals surface area contributed by atoms with Gasteiger partial charge in [0.2, 0.25) is 0 Å². The molecule has 17 heavy (non-hydrogen) atoms. The van der Waals surface area contributed by atoms with E-state index < -0.39 is 15.8 Å². The van der Waals surface area contributed by atoms with E-state index in [1.807, 2.05) is 0 Å². The molecule has 0 saturated carbocycles. The zero-order chi connectivity index (χ0) is 12.9. The quantitative estimate of drug-likeness (QED) is 0.725. The molecule has 1 N–H and O–H groups in total. The average Bonchev–Trinajstić information content (AvgIpc) is 2.61. The number of aliphatic carboxylic acids is 1. The third-order valence-corrected chi connectivity index (χ3v) is 3.11. The van der Waals surface area contributed by atoms with Gasteiger partial charge in [0.05, 0.1) is 17.9 Å². The van der Waals surface area contributed by atoms with Gasteiger partial charge >= 0.3 is 5.97 Å². The van der Waals surface area contributed by atoms with Gasteiger partial charge in [-0.15, -0.1) is 5.10 Å². The summed E-state index contributed by atoms with van der Waals surface area (Å²) in [5, 5.41) is 16.1. The molecule has 1 aromatic rings. The van der Waals surface area contributed by atoms with E-state index in [1.165, 1.54) is 10.9 Å². The van der Waals surface area contributed by atoms with E-state index in [0.29, 0.717) is 25.1 Å². The smallest absolute Gasteiger partial charge is 0.303 e. The highest BCUT2D eigenvalue weighted by Crippen LogP contribution is 2.00. The Balaban J connectivity index is 2.38. The van der Waals surface area contributed by atoms with Crippen molar-refractivity contribution in [3.63, 3.8) is 0 Å². The molecule has 1 heterocycles. The van der Waals surface area contributed by atoms with E-state index in [-0.39, 0.29) is 12.2 Å². The van der Waals surface area contributed by atoms with Crippen LogP contribution in [0.15, 0.2) is 6.20 Å². The number of carboxylic acids is 1. The second-order valence-corrected chi connectivity index (χ2v) is 6.11. The summed E-state index contributed by atoms with van der Waals surface area (Å²) in [5.74, 6) is -0.770. The summed E-state index contributed by atoms with van der Waals surface area (Å²) >= 11 is 0. The third-order valence-electron chi connectivity index (χ3n) is 2.08. The molecule has 0 aliphatic carbocycles. The number of carboxylic acid groups (broad SMARTS) is 1. The van der Waals surface area contributed by atoms with Crippen molar-refractivity contribution in [2.75, 3.05) is 12.0 Å². The average molecular weight is 261 g/mol. The minimum absolute atomic E-state index is 0.0159. The Labute approximate surface area is 99.4 Å². The van der Waals surface area contributed by atoms with Crippen molar-refractivity contribution >= 4 is 15.8 Å². The summed E-state index contributed by atoms with van der Waals surface area (Å²) in [6.45, 7) is 0.465. The van der Waals surface area contributed by atoms with Gasteiger partial charge in [0.1, 0.15) is 9.84 Å². The van der Waals surface area contributed by atoms with Crippen LogP contribution in [0.25, 0.3) is 0 Å². The van der Waals surface area contributed by atoms with Crippen molar-refractivity contribution in [1.29, 1.82) is 0 Å². The number of hydrogen-bond donors (Lipinski definition) is 1. The number of carbonyl (C=O) groups is 1. The van der Waals surface area contributed by atoms with E-state index in [4.69, 9.17) is 5.11 Å². The first-order valence-corrected chi connectivity index (χ1v) is 7.21. The van der Waals surface area contributed by atoms with Crippen LogP contribution in [0.1, 0.15) is 18.5 Å². The van der Waals surface area contributed by atoms with Crippen LogP contribution >= 0.6 is 0 Å². The van der Waals surface area contributed by atoms with Gasteiger partial charge in [-0.25, -0.2) is 8.42 Å². The fourth-order valence-corrected chi connectivity index (χ4v) is 1.94. The molecule has 0 spiro atoms. The van der Waals surface area contributed by atoms with Crippen LogP contribution in [-0.4, -0.2) is 46.5 Å². The predicted octanol–water partition coefficient (Wildman–Crippen LogP) is -0.270. The lowest BCUT2D eigenvalue weighted by atomic mass is 10.2. The number of aryl methyl sites for hydroxylation is 2. The molecule has 96 valence electrons. The van der Waals surface area contributed by atoms with E-state index in [1.54, 1.807) is 6.20 Å². The molecule has 1 aromatic heterocycles. The third kappa shape index (κ3) is 6.00. The minimum atomic E-state index is -2.95. The lowest BCUT2D eigenvalue weighted by Crippen LogP contribution is -2.07. The fourth-order valence-electron chi connectivity index (χ4n) is 1.29. The van der Waals surface area contributed by atoms with Crippen molar-refractivity contribution in [2.24, 2.45) is 0 Å². The minimum Gasteiger partial charge on any atom is -0.481 e. The summed E-state index contributed by atoms with van der Waals surface area (Å²) in [7, 11) is -2.95. The Morgan fingerprint density at radius 1 is 1.53 bits per heavy atom. The van der Waals surface area contributed by atoms with Crippen molar-refractivity contribution in [2.45, 2.75) is 25.8 Å². The van der Waals surface area contributed by atoms with Crippen LogP contribution in [0.2, 0.25) is 0 Å². The van der Waals surface area contributed by atoms with Crippen LogP contribution < -0.4 is 0 Å². The van der Waals surface area contributed by atoms with E-state index >= 15 is 0 Å². The van der Waals surface area contributed by atoms with Crippen LogP contribution in [0, 0.1) is 0 Å². The fraction of sp³-hybridized carbons (Fsp3) is 0.667. The van der Waals surface area contributed by atoms with Crippen LogP contribution in [0.4, 0.5) is 0 Å². The number of rotatable bonds is 7. The van der Waals surface area contributed by atoms with Gasteiger partial charge in [-0.3, -0.25) is 9.48 Å². The van der Waals surface area contributed by atoms with Gasteiger partial charge in [-0.1, -0.05) is 5.21 Å². The van der Waals surface area contributed by atoms with E-state index in [2.05, 4.69) is 10.3 Å². The monoisotopic (exact) mass is 261 g/mol. The Morgan fingerprint density at radius 3 is 2.82 bits per heavy atom. The molecule has 0 atom stereocenters. The van der Waals surface area contributed by atoms with Crippen molar-refractivity contribution in [1.82, 2.24) is 15.0 Å². The molecule has 0 unspecified atom stereocenters. The van der Waals surface area contributed by atoms with Crippen LogP contribution in [0.5, 0.6) is 0 Å². The number of sulfone groups is 1. The molecule has 0 bridgehead atoms. The number of aromatic nitrogens is 3. The Bertz CT molecular complexity index is 480. The maximum atomic E-state index is 10.9. The summed E-state index contributed by atoms with van der Waals surface area (Å²) in [6.07, 6.45) is 3.65. The van der Waals surface area contributed by atoms with Gasteiger partial charge in [0.25, 0.3) is 0 Å². The molecule has 0 amide bonds. The first-order chi connectivity index (χ1) is 7.87. The van der Waals surface area contributed by atoms with Crippen molar-refractivity contribution in [3.8, 4) is 0 Å². The zero-order valence-corrected chi connectivity index (χ0v) is 10.4. The normalized spacial score (nSPS) is 11.6. The molecule has 0 radical (unpaired) electrons. The van der Waals surface area contributed by atoms with Gasteiger partial charge in [0, 0.05) is 25.4 Å². The molecule has 0 aliphatic rings. The molecule has 7 nitrogen and oxygen atoms in total.